The van der Waals surface area contributed by atoms with Gasteiger partial charge in [0, 0.05) is 25.2 Å². The second kappa shape index (κ2) is 7.69. The van der Waals surface area contributed by atoms with E-state index in [1.54, 1.807) is 4.90 Å². The van der Waals surface area contributed by atoms with Crippen molar-refractivity contribution in [2.75, 3.05) is 18.8 Å². The van der Waals surface area contributed by atoms with Crippen LogP contribution in [0.5, 0.6) is 0 Å². The van der Waals surface area contributed by atoms with E-state index in [2.05, 4.69) is 5.32 Å². The van der Waals surface area contributed by atoms with Gasteiger partial charge in [-0.3, -0.25) is 9.59 Å². The van der Waals surface area contributed by atoms with Crippen LogP contribution in [0.1, 0.15) is 45.6 Å². The fourth-order valence-electron chi connectivity index (χ4n) is 3.03. The summed E-state index contributed by atoms with van der Waals surface area (Å²) in [6.45, 7) is 7.39. The minimum absolute atomic E-state index is 0.0368. The Morgan fingerprint density at radius 1 is 1.25 bits per heavy atom. The first kappa shape index (κ1) is 18.3. The van der Waals surface area contributed by atoms with Crippen LogP contribution < -0.4 is 11.1 Å². The van der Waals surface area contributed by atoms with E-state index < -0.39 is 0 Å². The van der Waals surface area contributed by atoms with Gasteiger partial charge in [-0.15, -0.1) is 0 Å². The van der Waals surface area contributed by atoms with Crippen LogP contribution in [0.4, 0.5) is 5.69 Å². The van der Waals surface area contributed by atoms with Gasteiger partial charge >= 0.3 is 0 Å². The normalized spacial score (nSPS) is 17.8. The number of anilines is 1. The van der Waals surface area contributed by atoms with Crippen molar-refractivity contribution in [2.24, 2.45) is 5.41 Å². The summed E-state index contributed by atoms with van der Waals surface area (Å²) >= 11 is 0. The maximum absolute atomic E-state index is 12.4. The largest absolute Gasteiger partial charge is 0.399 e. The summed E-state index contributed by atoms with van der Waals surface area (Å²) in [5.41, 5.74) is 7.48. The highest BCUT2D eigenvalue weighted by Crippen LogP contribution is 2.24. The standard InChI is InChI=1S/C19H29N3O2/c1-19(2,3)13-17(23)22-12-4-5-16(22)18(24)21-11-10-14-6-8-15(20)9-7-14/h6-9,16H,4-5,10-13,20H2,1-3H3,(H,21,24). The number of carbonyl (C=O) groups is 2. The summed E-state index contributed by atoms with van der Waals surface area (Å²) in [4.78, 5) is 26.6. The van der Waals surface area contributed by atoms with Gasteiger partial charge in [-0.2, -0.15) is 0 Å². The van der Waals surface area contributed by atoms with E-state index >= 15 is 0 Å². The number of benzene rings is 1. The van der Waals surface area contributed by atoms with Gasteiger partial charge in [-0.25, -0.2) is 0 Å². The molecule has 1 aliphatic rings. The first-order chi connectivity index (χ1) is 11.3. The molecule has 5 heteroatoms. The van der Waals surface area contributed by atoms with Gasteiger partial charge < -0.3 is 16.0 Å². The monoisotopic (exact) mass is 331 g/mol. The Morgan fingerprint density at radius 2 is 1.92 bits per heavy atom. The summed E-state index contributed by atoms with van der Waals surface area (Å²) in [5.74, 6) is 0.0453. The van der Waals surface area contributed by atoms with E-state index in [9.17, 15) is 9.59 Å². The number of likely N-dealkylation sites (tertiary alicyclic amines) is 1. The van der Waals surface area contributed by atoms with E-state index in [1.807, 2.05) is 45.0 Å². The maximum atomic E-state index is 12.4. The van der Waals surface area contributed by atoms with Crippen molar-refractivity contribution in [3.8, 4) is 0 Å². The van der Waals surface area contributed by atoms with Gasteiger partial charge in [-0.05, 0) is 42.4 Å². The molecule has 5 nitrogen and oxygen atoms in total. The highest BCUT2D eigenvalue weighted by molar-refractivity contribution is 5.88. The number of hydrogen-bond acceptors (Lipinski definition) is 3. The van der Waals surface area contributed by atoms with E-state index in [0.717, 1.165) is 30.5 Å². The summed E-state index contributed by atoms with van der Waals surface area (Å²) in [6, 6.07) is 7.35. The third-order valence-corrected chi connectivity index (χ3v) is 4.25. The van der Waals surface area contributed by atoms with Gasteiger partial charge in [0.05, 0.1) is 0 Å². The molecule has 132 valence electrons. The molecule has 1 atom stereocenters. The molecule has 1 aromatic carbocycles. The molecule has 2 rings (SSSR count). The fraction of sp³-hybridized carbons (Fsp3) is 0.579. The minimum Gasteiger partial charge on any atom is -0.399 e. The Hall–Kier alpha value is -2.04. The first-order valence-corrected chi connectivity index (χ1v) is 8.68. The Morgan fingerprint density at radius 3 is 2.54 bits per heavy atom. The molecule has 1 saturated heterocycles. The molecule has 3 N–H and O–H groups in total. The molecule has 0 aliphatic carbocycles. The fourth-order valence-corrected chi connectivity index (χ4v) is 3.03. The molecule has 1 unspecified atom stereocenters. The molecule has 1 aromatic rings. The molecule has 1 aliphatic heterocycles. The minimum atomic E-state index is -0.314. The molecular formula is C19H29N3O2. The molecule has 0 spiro atoms. The number of hydrogen-bond donors (Lipinski definition) is 2. The van der Waals surface area contributed by atoms with Crippen molar-refractivity contribution < 1.29 is 9.59 Å². The quantitative estimate of drug-likeness (QED) is 0.813. The van der Waals surface area contributed by atoms with Crippen LogP contribution in [0.25, 0.3) is 0 Å². The van der Waals surface area contributed by atoms with Crippen LogP contribution in [-0.2, 0) is 16.0 Å². The molecule has 0 radical (unpaired) electrons. The van der Waals surface area contributed by atoms with Crippen LogP contribution >= 0.6 is 0 Å². The molecular weight excluding hydrogens is 302 g/mol. The Kier molecular flexibility index (Phi) is 5.86. The molecule has 24 heavy (non-hydrogen) atoms. The zero-order chi connectivity index (χ0) is 17.7. The second-order valence-electron chi connectivity index (χ2n) is 7.77. The number of rotatable bonds is 5. The molecule has 1 heterocycles. The maximum Gasteiger partial charge on any atom is 0.242 e. The number of nitrogen functional groups attached to an aromatic ring is 1. The number of nitrogens with two attached hydrogens (primary N) is 1. The van der Waals surface area contributed by atoms with Crippen LogP contribution in [-0.4, -0.2) is 35.8 Å². The van der Waals surface area contributed by atoms with Crippen molar-refractivity contribution in [2.45, 2.75) is 52.5 Å². The predicted octanol–water partition coefficient (Wildman–Crippen LogP) is 2.35. The lowest BCUT2D eigenvalue weighted by molar-refractivity contribution is -0.139. The lowest BCUT2D eigenvalue weighted by Gasteiger charge is -2.27. The SMILES string of the molecule is CC(C)(C)CC(=O)N1CCCC1C(=O)NCCc1ccc(N)cc1. The van der Waals surface area contributed by atoms with Gasteiger partial charge in [0.15, 0.2) is 0 Å². The highest BCUT2D eigenvalue weighted by atomic mass is 16.2. The van der Waals surface area contributed by atoms with E-state index in [4.69, 9.17) is 5.73 Å². The lowest BCUT2D eigenvalue weighted by Crippen LogP contribution is -2.47. The molecule has 0 aromatic heterocycles. The van der Waals surface area contributed by atoms with E-state index in [0.29, 0.717) is 19.5 Å². The van der Waals surface area contributed by atoms with Crippen LogP contribution in [0.2, 0.25) is 0 Å². The summed E-state index contributed by atoms with van der Waals surface area (Å²) in [7, 11) is 0. The van der Waals surface area contributed by atoms with Crippen LogP contribution in [0.15, 0.2) is 24.3 Å². The van der Waals surface area contributed by atoms with Gasteiger partial charge in [0.1, 0.15) is 6.04 Å². The van der Waals surface area contributed by atoms with Crippen molar-refractivity contribution in [3.05, 3.63) is 29.8 Å². The van der Waals surface area contributed by atoms with E-state index in [1.165, 1.54) is 0 Å². The average Bonchev–Trinajstić information content (AvgIpc) is 2.97. The number of nitrogens with one attached hydrogen (secondary N) is 1. The van der Waals surface area contributed by atoms with Crippen molar-refractivity contribution in [1.82, 2.24) is 10.2 Å². The van der Waals surface area contributed by atoms with E-state index in [-0.39, 0.29) is 23.3 Å². The summed E-state index contributed by atoms with van der Waals surface area (Å²) in [6.07, 6.45) is 2.88. The molecule has 1 fully saturated rings. The zero-order valence-electron chi connectivity index (χ0n) is 15.0. The van der Waals surface area contributed by atoms with Gasteiger partial charge in [0.25, 0.3) is 0 Å². The highest BCUT2D eigenvalue weighted by Gasteiger charge is 2.34. The average molecular weight is 331 g/mol. The topological polar surface area (TPSA) is 75.4 Å². The number of carbonyl (C=O) groups excluding carboxylic acids is 2. The molecule has 0 bridgehead atoms. The third-order valence-electron chi connectivity index (χ3n) is 4.25. The van der Waals surface area contributed by atoms with Gasteiger partial charge in [0.2, 0.25) is 11.8 Å². The number of nitrogens with zero attached hydrogens (tertiary/aromatic N) is 1. The second-order valence-corrected chi connectivity index (χ2v) is 7.77. The van der Waals surface area contributed by atoms with Crippen LogP contribution in [0.3, 0.4) is 0 Å². The molecule has 2 amide bonds. The lowest BCUT2D eigenvalue weighted by atomic mass is 9.91. The van der Waals surface area contributed by atoms with Crippen molar-refractivity contribution >= 4 is 17.5 Å². The van der Waals surface area contributed by atoms with Crippen molar-refractivity contribution in [3.63, 3.8) is 0 Å². The smallest absolute Gasteiger partial charge is 0.242 e. The third kappa shape index (κ3) is 5.25. The number of amides is 2. The first-order valence-electron chi connectivity index (χ1n) is 8.68. The Bertz CT molecular complexity index is 575. The molecule has 0 saturated carbocycles. The summed E-state index contributed by atoms with van der Waals surface area (Å²) < 4.78 is 0. The van der Waals surface area contributed by atoms with Crippen LogP contribution in [0, 0.1) is 5.41 Å². The van der Waals surface area contributed by atoms with Crippen molar-refractivity contribution in [1.29, 1.82) is 0 Å². The Labute approximate surface area is 144 Å². The predicted molar refractivity (Wildman–Crippen MR) is 96.4 cm³/mol. The Balaban J connectivity index is 1.84. The zero-order valence-corrected chi connectivity index (χ0v) is 15.0. The summed E-state index contributed by atoms with van der Waals surface area (Å²) in [5, 5.41) is 2.97. The van der Waals surface area contributed by atoms with Gasteiger partial charge in [-0.1, -0.05) is 32.9 Å².